The molecule has 0 aromatic carbocycles. The summed E-state index contributed by atoms with van der Waals surface area (Å²) in [6, 6.07) is 0.840. The number of hydrogen-bond donors (Lipinski definition) is 2. The van der Waals surface area contributed by atoms with Gasteiger partial charge in [0.1, 0.15) is 0 Å². The molecule has 2 N–H and O–H groups in total. The van der Waals surface area contributed by atoms with Gasteiger partial charge in [0.15, 0.2) is 5.78 Å². The summed E-state index contributed by atoms with van der Waals surface area (Å²) in [5.41, 5.74) is 0.610. The van der Waals surface area contributed by atoms with E-state index in [1.807, 2.05) is 7.05 Å². The maximum Gasteiger partial charge on any atom is 0.179 e. The third-order valence-corrected chi connectivity index (χ3v) is 3.75. The van der Waals surface area contributed by atoms with Crippen molar-refractivity contribution in [1.82, 2.24) is 10.6 Å². The molecule has 2 fully saturated rings. The van der Waals surface area contributed by atoms with Gasteiger partial charge in [0.2, 0.25) is 0 Å². The van der Waals surface area contributed by atoms with Crippen LogP contribution in [0.3, 0.4) is 0 Å². The lowest BCUT2D eigenvalue weighted by atomic mass is 10.0. The Kier molecular flexibility index (Phi) is 4.21. The monoisotopic (exact) mass is 236 g/mol. The minimum absolute atomic E-state index is 0.173. The highest BCUT2D eigenvalue weighted by Crippen LogP contribution is 2.34. The van der Waals surface area contributed by atoms with Crippen LogP contribution in [0.25, 0.3) is 0 Å². The van der Waals surface area contributed by atoms with Gasteiger partial charge in [-0.2, -0.15) is 0 Å². The molecule has 0 aromatic heterocycles. The van der Waals surface area contributed by atoms with E-state index < -0.39 is 0 Å². The van der Waals surface area contributed by atoms with Gasteiger partial charge in [-0.25, -0.2) is 0 Å². The van der Waals surface area contributed by atoms with E-state index in [1.54, 1.807) is 0 Å². The van der Waals surface area contributed by atoms with Crippen molar-refractivity contribution >= 4 is 5.78 Å². The summed E-state index contributed by atoms with van der Waals surface area (Å²) in [6.07, 6.45) is 8.11. The van der Waals surface area contributed by atoms with Crippen molar-refractivity contribution in [3.63, 3.8) is 0 Å². The number of allylic oxidation sites excluding steroid dienone is 1. The van der Waals surface area contributed by atoms with Crippen molar-refractivity contribution < 1.29 is 4.79 Å². The molecule has 3 heteroatoms. The van der Waals surface area contributed by atoms with Gasteiger partial charge in [0, 0.05) is 18.5 Å². The molecule has 2 rings (SSSR count). The second kappa shape index (κ2) is 5.67. The first-order valence-corrected chi connectivity index (χ1v) is 6.85. The molecular weight excluding hydrogens is 212 g/mol. The molecule has 1 atom stereocenters. The predicted octanol–water partition coefficient (Wildman–Crippen LogP) is 1.99. The van der Waals surface area contributed by atoms with Crippen molar-refractivity contribution in [3.8, 4) is 0 Å². The number of hydrogen-bond acceptors (Lipinski definition) is 3. The maximum atomic E-state index is 11.9. The standard InChI is InChI=1S/C14H24N2O/c1-10(16-12-7-8-12)14(17)9-13(15-2)6-5-11-3-4-11/h11-13,15-16H,1,3-9H2,2H3. The van der Waals surface area contributed by atoms with E-state index in [0.717, 1.165) is 12.3 Å². The number of carbonyl (C=O) groups is 1. The fourth-order valence-corrected chi connectivity index (χ4v) is 2.09. The first-order chi connectivity index (χ1) is 8.19. The summed E-state index contributed by atoms with van der Waals surface area (Å²) in [4.78, 5) is 11.9. The van der Waals surface area contributed by atoms with E-state index in [1.165, 1.54) is 32.1 Å². The smallest absolute Gasteiger partial charge is 0.179 e. The van der Waals surface area contributed by atoms with Gasteiger partial charge in [0.25, 0.3) is 0 Å². The normalized spacial score (nSPS) is 21.0. The molecule has 0 amide bonds. The fraction of sp³-hybridized carbons (Fsp3) is 0.786. The van der Waals surface area contributed by atoms with Crippen LogP contribution in [0.2, 0.25) is 0 Å². The molecule has 2 saturated carbocycles. The zero-order valence-corrected chi connectivity index (χ0v) is 10.8. The summed E-state index contributed by atoms with van der Waals surface area (Å²) in [5, 5.41) is 6.44. The van der Waals surface area contributed by atoms with Crippen molar-refractivity contribution in [2.75, 3.05) is 7.05 Å². The Morgan fingerprint density at radius 1 is 1.35 bits per heavy atom. The third-order valence-electron chi connectivity index (χ3n) is 3.75. The SMILES string of the molecule is C=C(NC1CC1)C(=O)CC(CCC1CC1)NC. The molecule has 0 radical (unpaired) electrons. The van der Waals surface area contributed by atoms with Gasteiger partial charge in [-0.1, -0.05) is 19.4 Å². The Morgan fingerprint density at radius 2 is 2.06 bits per heavy atom. The largest absolute Gasteiger partial charge is 0.380 e. The highest BCUT2D eigenvalue weighted by atomic mass is 16.1. The lowest BCUT2D eigenvalue weighted by molar-refractivity contribution is -0.116. The Bertz CT molecular complexity index is 293. The zero-order valence-electron chi connectivity index (χ0n) is 10.8. The number of carbonyl (C=O) groups excluding carboxylic acids is 1. The van der Waals surface area contributed by atoms with Crippen LogP contribution in [-0.4, -0.2) is 24.9 Å². The summed E-state index contributed by atoms with van der Waals surface area (Å²) in [5.74, 6) is 1.11. The average molecular weight is 236 g/mol. The van der Waals surface area contributed by atoms with Crippen LogP contribution in [0.1, 0.15) is 44.9 Å². The number of rotatable bonds is 9. The van der Waals surface area contributed by atoms with E-state index in [2.05, 4.69) is 17.2 Å². The summed E-state index contributed by atoms with van der Waals surface area (Å²) in [7, 11) is 1.95. The molecule has 0 bridgehead atoms. The van der Waals surface area contributed by atoms with Gasteiger partial charge in [-0.05, 0) is 38.6 Å². The second-order valence-electron chi connectivity index (χ2n) is 5.53. The molecule has 3 nitrogen and oxygen atoms in total. The number of ketones is 1. The van der Waals surface area contributed by atoms with Crippen LogP contribution in [0.5, 0.6) is 0 Å². The average Bonchev–Trinajstić information content (AvgIpc) is 3.16. The molecule has 0 aromatic rings. The lowest BCUT2D eigenvalue weighted by Gasteiger charge is -2.16. The Labute approximate surface area is 104 Å². The Balaban J connectivity index is 1.67. The minimum Gasteiger partial charge on any atom is -0.380 e. The van der Waals surface area contributed by atoms with E-state index in [9.17, 15) is 4.79 Å². The van der Waals surface area contributed by atoms with Crippen molar-refractivity contribution in [3.05, 3.63) is 12.3 Å². The maximum absolute atomic E-state index is 11.9. The highest BCUT2D eigenvalue weighted by Gasteiger charge is 2.25. The molecule has 96 valence electrons. The van der Waals surface area contributed by atoms with Crippen molar-refractivity contribution in [1.29, 1.82) is 0 Å². The van der Waals surface area contributed by atoms with Gasteiger partial charge < -0.3 is 10.6 Å². The number of nitrogens with one attached hydrogen (secondary N) is 2. The molecule has 0 aliphatic heterocycles. The highest BCUT2D eigenvalue weighted by molar-refractivity contribution is 5.94. The first-order valence-electron chi connectivity index (χ1n) is 6.85. The summed E-state index contributed by atoms with van der Waals surface area (Å²) < 4.78 is 0. The summed E-state index contributed by atoms with van der Waals surface area (Å²) >= 11 is 0. The topological polar surface area (TPSA) is 41.1 Å². The molecule has 0 saturated heterocycles. The Morgan fingerprint density at radius 3 is 2.59 bits per heavy atom. The fourth-order valence-electron chi connectivity index (χ4n) is 2.09. The summed E-state index contributed by atoms with van der Waals surface area (Å²) in [6.45, 7) is 3.84. The number of Topliss-reactive ketones (excluding diaryl/α,β-unsaturated/α-hetero) is 1. The molecular formula is C14H24N2O. The lowest BCUT2D eigenvalue weighted by Crippen LogP contribution is -2.31. The minimum atomic E-state index is 0.173. The van der Waals surface area contributed by atoms with Crippen LogP contribution in [0.15, 0.2) is 12.3 Å². The molecule has 2 aliphatic rings. The Hall–Kier alpha value is -0.830. The van der Waals surface area contributed by atoms with Gasteiger partial charge in [0.05, 0.1) is 5.70 Å². The molecule has 2 aliphatic carbocycles. The molecule has 1 unspecified atom stereocenters. The quantitative estimate of drug-likeness (QED) is 0.602. The van der Waals surface area contributed by atoms with Crippen LogP contribution in [0.4, 0.5) is 0 Å². The van der Waals surface area contributed by atoms with E-state index in [4.69, 9.17) is 0 Å². The van der Waals surface area contributed by atoms with Gasteiger partial charge >= 0.3 is 0 Å². The second-order valence-corrected chi connectivity index (χ2v) is 5.53. The third kappa shape index (κ3) is 4.50. The van der Waals surface area contributed by atoms with Crippen LogP contribution >= 0.6 is 0 Å². The molecule has 17 heavy (non-hydrogen) atoms. The van der Waals surface area contributed by atoms with E-state index in [0.29, 0.717) is 24.2 Å². The molecule has 0 heterocycles. The van der Waals surface area contributed by atoms with Crippen molar-refractivity contribution in [2.24, 2.45) is 5.92 Å². The van der Waals surface area contributed by atoms with Gasteiger partial charge in [-0.15, -0.1) is 0 Å². The van der Waals surface area contributed by atoms with Crippen LogP contribution in [0, 0.1) is 5.92 Å². The first kappa shape index (κ1) is 12.6. The zero-order chi connectivity index (χ0) is 12.3. The van der Waals surface area contributed by atoms with Crippen LogP contribution < -0.4 is 10.6 Å². The predicted molar refractivity (Wildman–Crippen MR) is 69.7 cm³/mol. The van der Waals surface area contributed by atoms with E-state index >= 15 is 0 Å². The van der Waals surface area contributed by atoms with Crippen molar-refractivity contribution in [2.45, 2.75) is 57.0 Å². The van der Waals surface area contributed by atoms with Crippen LogP contribution in [-0.2, 0) is 4.79 Å². The van der Waals surface area contributed by atoms with Gasteiger partial charge in [-0.3, -0.25) is 4.79 Å². The molecule has 0 spiro atoms. The van der Waals surface area contributed by atoms with E-state index in [-0.39, 0.29) is 5.78 Å².